The van der Waals surface area contributed by atoms with Crippen molar-refractivity contribution in [2.45, 2.75) is 12.5 Å². The van der Waals surface area contributed by atoms with E-state index >= 15 is 0 Å². The lowest BCUT2D eigenvalue weighted by molar-refractivity contribution is -0.0228. The van der Waals surface area contributed by atoms with E-state index in [0.717, 1.165) is 29.8 Å². The molecule has 5 heteroatoms. The molecule has 4 nitrogen and oxygen atoms in total. The second kappa shape index (κ2) is 6.46. The van der Waals surface area contributed by atoms with Gasteiger partial charge in [-0.1, -0.05) is 23.7 Å². The summed E-state index contributed by atoms with van der Waals surface area (Å²) in [6.45, 7) is 2.68. The molecule has 1 unspecified atom stereocenters. The summed E-state index contributed by atoms with van der Waals surface area (Å²) in [5.74, 6) is 0.0759. The van der Waals surface area contributed by atoms with Crippen molar-refractivity contribution in [3.8, 4) is 0 Å². The summed E-state index contributed by atoms with van der Waals surface area (Å²) in [7, 11) is 0. The van der Waals surface area contributed by atoms with Crippen molar-refractivity contribution in [2.75, 3.05) is 31.6 Å². The Kier molecular flexibility index (Phi) is 4.17. The number of amides is 1. The summed E-state index contributed by atoms with van der Waals surface area (Å²) >= 11 is 5.95. The highest BCUT2D eigenvalue weighted by atomic mass is 35.5. The van der Waals surface area contributed by atoms with Crippen LogP contribution < -0.4 is 5.32 Å². The van der Waals surface area contributed by atoms with Crippen molar-refractivity contribution in [3.63, 3.8) is 0 Å². The fraction of sp³-hybridized carbons (Fsp3) is 0.316. The van der Waals surface area contributed by atoms with Gasteiger partial charge in [0.1, 0.15) is 6.10 Å². The number of carbonyl (C=O) groups is 1. The van der Waals surface area contributed by atoms with E-state index in [1.807, 2.05) is 47.4 Å². The van der Waals surface area contributed by atoms with Crippen molar-refractivity contribution < 1.29 is 9.53 Å². The van der Waals surface area contributed by atoms with Gasteiger partial charge in [0.15, 0.2) is 0 Å². The van der Waals surface area contributed by atoms with Crippen LogP contribution >= 0.6 is 11.6 Å². The molecule has 0 saturated carbocycles. The van der Waals surface area contributed by atoms with Gasteiger partial charge in [-0.2, -0.15) is 0 Å². The van der Waals surface area contributed by atoms with Crippen LogP contribution in [0, 0.1) is 0 Å². The van der Waals surface area contributed by atoms with Gasteiger partial charge in [-0.15, -0.1) is 0 Å². The lowest BCUT2D eigenvalue weighted by Crippen LogP contribution is -2.42. The van der Waals surface area contributed by atoms with E-state index in [1.54, 1.807) is 0 Å². The summed E-state index contributed by atoms with van der Waals surface area (Å²) in [5.41, 5.74) is 4.18. The first-order valence-electron chi connectivity index (χ1n) is 8.24. The molecule has 2 heterocycles. The highest BCUT2D eigenvalue weighted by molar-refractivity contribution is 6.30. The molecule has 0 aromatic heterocycles. The Balaban J connectivity index is 1.51. The molecule has 1 N–H and O–H groups in total. The van der Waals surface area contributed by atoms with Crippen LogP contribution in [0.2, 0.25) is 5.02 Å². The number of carbonyl (C=O) groups excluding carboxylic acids is 1. The van der Waals surface area contributed by atoms with Crippen molar-refractivity contribution in [1.82, 2.24) is 4.90 Å². The van der Waals surface area contributed by atoms with E-state index in [-0.39, 0.29) is 12.0 Å². The standard InChI is InChI=1S/C19H19ClN2O2/c20-16-4-1-13(2-5-16)18-12-22(9-10-24-18)19(23)15-3-6-17-14(11-15)7-8-21-17/h1-6,11,18,21H,7-10,12H2. The fourth-order valence-electron chi connectivity index (χ4n) is 3.33. The third-order valence-electron chi connectivity index (χ3n) is 4.66. The molecule has 1 amide bonds. The SMILES string of the molecule is O=C(c1ccc2c(c1)CCN2)N1CCOC(c2ccc(Cl)cc2)C1. The molecule has 24 heavy (non-hydrogen) atoms. The minimum absolute atomic E-state index is 0.0759. The highest BCUT2D eigenvalue weighted by Gasteiger charge is 2.26. The maximum absolute atomic E-state index is 12.9. The zero-order valence-electron chi connectivity index (χ0n) is 13.3. The van der Waals surface area contributed by atoms with E-state index in [2.05, 4.69) is 5.32 Å². The number of nitrogens with one attached hydrogen (secondary N) is 1. The Hall–Kier alpha value is -2.04. The molecule has 1 atom stereocenters. The molecular weight excluding hydrogens is 324 g/mol. The number of halogens is 1. The number of morpholine rings is 1. The van der Waals surface area contributed by atoms with Gasteiger partial charge in [0.25, 0.3) is 5.91 Å². The average molecular weight is 343 g/mol. The third kappa shape index (κ3) is 2.99. The minimum Gasteiger partial charge on any atom is -0.384 e. The number of rotatable bonds is 2. The monoisotopic (exact) mass is 342 g/mol. The van der Waals surface area contributed by atoms with Gasteiger partial charge in [-0.3, -0.25) is 4.79 Å². The fourth-order valence-corrected chi connectivity index (χ4v) is 3.46. The molecule has 4 rings (SSSR count). The summed E-state index contributed by atoms with van der Waals surface area (Å²) < 4.78 is 5.85. The lowest BCUT2D eigenvalue weighted by atomic mass is 10.1. The second-order valence-electron chi connectivity index (χ2n) is 6.21. The number of anilines is 1. The average Bonchev–Trinajstić information content (AvgIpc) is 3.09. The first-order valence-corrected chi connectivity index (χ1v) is 8.61. The normalized spacial score (nSPS) is 19.7. The number of ether oxygens (including phenoxy) is 1. The summed E-state index contributed by atoms with van der Waals surface area (Å²) in [5, 5.41) is 4.03. The molecule has 2 aliphatic rings. The maximum Gasteiger partial charge on any atom is 0.254 e. The van der Waals surface area contributed by atoms with Gasteiger partial charge in [0.05, 0.1) is 13.2 Å². The Bertz CT molecular complexity index is 760. The topological polar surface area (TPSA) is 41.6 Å². The zero-order valence-corrected chi connectivity index (χ0v) is 14.1. The van der Waals surface area contributed by atoms with E-state index in [0.29, 0.717) is 24.7 Å². The van der Waals surface area contributed by atoms with Crippen LogP contribution in [-0.4, -0.2) is 37.0 Å². The third-order valence-corrected chi connectivity index (χ3v) is 4.91. The van der Waals surface area contributed by atoms with Crippen LogP contribution in [0.4, 0.5) is 5.69 Å². The van der Waals surface area contributed by atoms with Crippen molar-refractivity contribution in [1.29, 1.82) is 0 Å². The van der Waals surface area contributed by atoms with Gasteiger partial charge < -0.3 is 15.0 Å². The molecule has 0 radical (unpaired) electrons. The molecular formula is C19H19ClN2O2. The second-order valence-corrected chi connectivity index (χ2v) is 6.65. The van der Waals surface area contributed by atoms with E-state index < -0.39 is 0 Å². The van der Waals surface area contributed by atoms with Crippen LogP contribution in [-0.2, 0) is 11.2 Å². The Morgan fingerprint density at radius 3 is 2.88 bits per heavy atom. The smallest absolute Gasteiger partial charge is 0.254 e. The van der Waals surface area contributed by atoms with Crippen LogP contribution in [0.3, 0.4) is 0 Å². The van der Waals surface area contributed by atoms with Crippen LogP contribution in [0.15, 0.2) is 42.5 Å². The molecule has 2 aliphatic heterocycles. The van der Waals surface area contributed by atoms with E-state index in [1.165, 1.54) is 5.56 Å². The Labute approximate surface area is 146 Å². The van der Waals surface area contributed by atoms with Gasteiger partial charge in [0, 0.05) is 29.4 Å². The summed E-state index contributed by atoms with van der Waals surface area (Å²) in [6, 6.07) is 13.6. The van der Waals surface area contributed by atoms with E-state index in [9.17, 15) is 4.79 Å². The highest BCUT2D eigenvalue weighted by Crippen LogP contribution is 2.27. The summed E-state index contributed by atoms with van der Waals surface area (Å²) in [4.78, 5) is 14.7. The lowest BCUT2D eigenvalue weighted by Gasteiger charge is -2.33. The van der Waals surface area contributed by atoms with Crippen molar-refractivity contribution in [2.24, 2.45) is 0 Å². The predicted octanol–water partition coefficient (Wildman–Crippen LogP) is 3.52. The van der Waals surface area contributed by atoms with Crippen LogP contribution in [0.25, 0.3) is 0 Å². The predicted molar refractivity (Wildman–Crippen MR) is 94.7 cm³/mol. The van der Waals surface area contributed by atoms with Gasteiger partial charge in [-0.25, -0.2) is 0 Å². The number of fused-ring (bicyclic) bond motifs is 1. The molecule has 124 valence electrons. The number of hydrogen-bond acceptors (Lipinski definition) is 3. The van der Waals surface area contributed by atoms with Crippen molar-refractivity contribution in [3.05, 3.63) is 64.2 Å². The van der Waals surface area contributed by atoms with Gasteiger partial charge in [0.2, 0.25) is 0 Å². The maximum atomic E-state index is 12.9. The molecule has 2 aromatic carbocycles. The molecule has 1 fully saturated rings. The molecule has 1 saturated heterocycles. The molecule has 0 bridgehead atoms. The summed E-state index contributed by atoms with van der Waals surface area (Å²) in [6.07, 6.45) is 0.878. The minimum atomic E-state index is -0.101. The molecule has 2 aromatic rings. The van der Waals surface area contributed by atoms with Gasteiger partial charge in [-0.05, 0) is 47.9 Å². The molecule has 0 aliphatic carbocycles. The number of nitrogens with zero attached hydrogens (tertiary/aromatic N) is 1. The van der Waals surface area contributed by atoms with Crippen LogP contribution in [0.5, 0.6) is 0 Å². The number of hydrogen-bond donors (Lipinski definition) is 1. The van der Waals surface area contributed by atoms with Gasteiger partial charge >= 0.3 is 0 Å². The first kappa shape index (κ1) is 15.5. The quantitative estimate of drug-likeness (QED) is 0.908. The number of benzene rings is 2. The van der Waals surface area contributed by atoms with E-state index in [4.69, 9.17) is 16.3 Å². The molecule has 0 spiro atoms. The van der Waals surface area contributed by atoms with Crippen molar-refractivity contribution >= 4 is 23.2 Å². The largest absolute Gasteiger partial charge is 0.384 e. The zero-order chi connectivity index (χ0) is 16.5. The first-order chi connectivity index (χ1) is 11.7. The Morgan fingerprint density at radius 1 is 1.21 bits per heavy atom. The Morgan fingerprint density at radius 2 is 2.04 bits per heavy atom. The van der Waals surface area contributed by atoms with Crippen LogP contribution in [0.1, 0.15) is 27.6 Å².